The van der Waals surface area contributed by atoms with Crippen molar-refractivity contribution in [1.82, 2.24) is 4.98 Å². The van der Waals surface area contributed by atoms with E-state index in [0.717, 1.165) is 43.8 Å². The fraction of sp³-hybridized carbons (Fsp3) is 0.368. The fourth-order valence-electron chi connectivity index (χ4n) is 3.04. The number of aromatic nitrogens is 1. The van der Waals surface area contributed by atoms with Crippen LogP contribution in [-0.2, 0) is 6.18 Å². The van der Waals surface area contributed by atoms with Gasteiger partial charge in [0, 0.05) is 30.7 Å². The first-order valence-corrected chi connectivity index (χ1v) is 8.63. The highest BCUT2D eigenvalue weighted by Crippen LogP contribution is 2.30. The van der Waals surface area contributed by atoms with E-state index in [-0.39, 0.29) is 11.4 Å². The average molecular weight is 363 g/mol. The third-order valence-corrected chi connectivity index (χ3v) is 4.40. The van der Waals surface area contributed by atoms with Gasteiger partial charge < -0.3 is 10.2 Å². The Morgan fingerprint density at radius 3 is 2.46 bits per heavy atom. The van der Waals surface area contributed by atoms with Gasteiger partial charge in [0.05, 0.1) is 5.56 Å². The number of halogens is 3. The van der Waals surface area contributed by atoms with Crippen LogP contribution < -0.4 is 10.2 Å². The Balaban J connectivity index is 1.75. The number of hydrogen-bond acceptors (Lipinski definition) is 3. The summed E-state index contributed by atoms with van der Waals surface area (Å²) in [5.74, 6) is -0.527. The molecular weight excluding hydrogens is 343 g/mol. The lowest BCUT2D eigenvalue weighted by molar-refractivity contribution is -0.137. The molecule has 138 valence electrons. The summed E-state index contributed by atoms with van der Waals surface area (Å²) in [7, 11) is 0. The number of carbonyl (C=O) groups is 1. The molecule has 1 aromatic carbocycles. The lowest BCUT2D eigenvalue weighted by Gasteiger charge is -2.22. The molecule has 0 radical (unpaired) electrons. The normalized spacial score (nSPS) is 15.4. The lowest BCUT2D eigenvalue weighted by atomic mass is 10.2. The Labute approximate surface area is 150 Å². The van der Waals surface area contributed by atoms with Crippen LogP contribution in [0.2, 0.25) is 0 Å². The molecule has 0 aliphatic carbocycles. The van der Waals surface area contributed by atoms with Crippen molar-refractivity contribution in [1.29, 1.82) is 0 Å². The van der Waals surface area contributed by atoms with Crippen LogP contribution in [0.15, 0.2) is 42.6 Å². The van der Waals surface area contributed by atoms with Gasteiger partial charge in [-0.15, -0.1) is 0 Å². The van der Waals surface area contributed by atoms with Gasteiger partial charge in [-0.2, -0.15) is 13.2 Å². The zero-order valence-electron chi connectivity index (χ0n) is 14.2. The number of pyridine rings is 1. The highest BCUT2D eigenvalue weighted by molar-refractivity contribution is 6.03. The molecule has 1 amide bonds. The van der Waals surface area contributed by atoms with Crippen LogP contribution in [0, 0.1) is 0 Å². The number of alkyl halides is 3. The van der Waals surface area contributed by atoms with Gasteiger partial charge in [-0.05, 0) is 43.2 Å². The van der Waals surface area contributed by atoms with Crippen LogP contribution in [0.25, 0.3) is 0 Å². The Morgan fingerprint density at radius 1 is 1.04 bits per heavy atom. The molecule has 1 fully saturated rings. The van der Waals surface area contributed by atoms with Crippen LogP contribution >= 0.6 is 0 Å². The van der Waals surface area contributed by atoms with Crippen molar-refractivity contribution in [3.63, 3.8) is 0 Å². The molecule has 1 aromatic heterocycles. The predicted octanol–water partition coefficient (Wildman–Crippen LogP) is 4.73. The molecule has 2 heterocycles. The zero-order valence-corrected chi connectivity index (χ0v) is 14.2. The number of hydrogen-bond donors (Lipinski definition) is 1. The van der Waals surface area contributed by atoms with E-state index in [1.807, 2.05) is 6.07 Å². The molecule has 1 aliphatic heterocycles. The first-order chi connectivity index (χ1) is 12.4. The van der Waals surface area contributed by atoms with Gasteiger partial charge in [-0.25, -0.2) is 0 Å². The van der Waals surface area contributed by atoms with E-state index in [9.17, 15) is 18.0 Å². The molecule has 0 unspecified atom stereocenters. The van der Waals surface area contributed by atoms with Crippen LogP contribution in [0.5, 0.6) is 0 Å². The van der Waals surface area contributed by atoms with Gasteiger partial charge in [0.25, 0.3) is 5.91 Å². The summed E-state index contributed by atoms with van der Waals surface area (Å²) < 4.78 is 38.4. The molecule has 0 saturated carbocycles. The molecule has 1 saturated heterocycles. The van der Waals surface area contributed by atoms with Crippen LogP contribution in [0.3, 0.4) is 0 Å². The molecular formula is C19H20F3N3O. The SMILES string of the molecule is O=C(Nc1cccc(C(F)(F)F)c1)c1cc(N2CCCCCC2)ccn1. The van der Waals surface area contributed by atoms with Gasteiger partial charge in [-0.1, -0.05) is 18.9 Å². The van der Waals surface area contributed by atoms with E-state index < -0.39 is 17.6 Å². The number of rotatable bonds is 3. The van der Waals surface area contributed by atoms with Gasteiger partial charge >= 0.3 is 6.18 Å². The monoisotopic (exact) mass is 363 g/mol. The maximum atomic E-state index is 12.8. The number of nitrogens with zero attached hydrogens (tertiary/aromatic N) is 2. The summed E-state index contributed by atoms with van der Waals surface area (Å²) in [6, 6.07) is 8.11. The van der Waals surface area contributed by atoms with Crippen molar-refractivity contribution in [2.45, 2.75) is 31.9 Å². The Hall–Kier alpha value is -2.57. The summed E-state index contributed by atoms with van der Waals surface area (Å²) in [6.07, 6.45) is 1.71. The predicted molar refractivity (Wildman–Crippen MR) is 94.3 cm³/mol. The van der Waals surface area contributed by atoms with E-state index in [2.05, 4.69) is 15.2 Å². The van der Waals surface area contributed by atoms with E-state index in [4.69, 9.17) is 0 Å². The maximum Gasteiger partial charge on any atom is 0.416 e. The summed E-state index contributed by atoms with van der Waals surface area (Å²) in [5, 5.41) is 2.49. The fourth-order valence-corrected chi connectivity index (χ4v) is 3.04. The first kappa shape index (κ1) is 18.2. The largest absolute Gasteiger partial charge is 0.416 e. The molecule has 0 bridgehead atoms. The topological polar surface area (TPSA) is 45.2 Å². The molecule has 26 heavy (non-hydrogen) atoms. The smallest absolute Gasteiger partial charge is 0.371 e. The molecule has 7 heteroatoms. The Kier molecular flexibility index (Phi) is 5.44. The molecule has 0 atom stereocenters. The number of amides is 1. The standard InChI is InChI=1S/C19H20F3N3O/c20-19(21,22)14-6-5-7-15(12-14)24-18(26)17-13-16(8-9-23-17)25-10-3-1-2-4-11-25/h5-9,12-13H,1-4,10-11H2,(H,24,26). The average Bonchev–Trinajstić information content (AvgIpc) is 2.91. The third-order valence-electron chi connectivity index (χ3n) is 4.40. The summed E-state index contributed by atoms with van der Waals surface area (Å²) in [5.41, 5.74) is 0.383. The van der Waals surface area contributed by atoms with Crippen molar-refractivity contribution in [2.24, 2.45) is 0 Å². The quantitative estimate of drug-likeness (QED) is 0.857. The molecule has 1 aliphatic rings. The second-order valence-corrected chi connectivity index (χ2v) is 6.33. The number of carbonyl (C=O) groups excluding carboxylic acids is 1. The van der Waals surface area contributed by atoms with Gasteiger partial charge in [0.15, 0.2) is 0 Å². The first-order valence-electron chi connectivity index (χ1n) is 8.63. The van der Waals surface area contributed by atoms with Gasteiger partial charge in [0.1, 0.15) is 5.69 Å². The van der Waals surface area contributed by atoms with Crippen molar-refractivity contribution in [2.75, 3.05) is 23.3 Å². The minimum Gasteiger partial charge on any atom is -0.371 e. The summed E-state index contributed by atoms with van der Waals surface area (Å²) >= 11 is 0. The van der Waals surface area contributed by atoms with Crippen LogP contribution in [0.1, 0.15) is 41.7 Å². The van der Waals surface area contributed by atoms with Crippen molar-refractivity contribution in [3.8, 4) is 0 Å². The van der Waals surface area contributed by atoms with E-state index in [1.54, 1.807) is 12.3 Å². The third kappa shape index (κ3) is 4.53. The highest BCUT2D eigenvalue weighted by atomic mass is 19.4. The van der Waals surface area contributed by atoms with Crippen molar-refractivity contribution < 1.29 is 18.0 Å². The van der Waals surface area contributed by atoms with Crippen molar-refractivity contribution in [3.05, 3.63) is 53.9 Å². The number of benzene rings is 1. The molecule has 2 aromatic rings. The number of anilines is 2. The second-order valence-electron chi connectivity index (χ2n) is 6.33. The summed E-state index contributed by atoms with van der Waals surface area (Å²) in [4.78, 5) is 18.7. The minimum atomic E-state index is -4.45. The van der Waals surface area contributed by atoms with Crippen LogP contribution in [0.4, 0.5) is 24.5 Å². The Morgan fingerprint density at radius 2 is 1.77 bits per heavy atom. The van der Waals surface area contributed by atoms with Gasteiger partial charge in [-0.3, -0.25) is 9.78 Å². The second kappa shape index (κ2) is 7.76. The minimum absolute atomic E-state index is 0.0896. The zero-order chi connectivity index (χ0) is 18.6. The highest BCUT2D eigenvalue weighted by Gasteiger charge is 2.30. The van der Waals surface area contributed by atoms with E-state index >= 15 is 0 Å². The lowest BCUT2D eigenvalue weighted by Crippen LogP contribution is -2.24. The van der Waals surface area contributed by atoms with E-state index in [1.165, 1.54) is 25.0 Å². The maximum absolute atomic E-state index is 12.8. The molecule has 4 nitrogen and oxygen atoms in total. The number of nitrogens with one attached hydrogen (secondary N) is 1. The Bertz CT molecular complexity index is 769. The molecule has 1 N–H and O–H groups in total. The molecule has 3 rings (SSSR count). The molecule has 0 spiro atoms. The van der Waals surface area contributed by atoms with Gasteiger partial charge in [0.2, 0.25) is 0 Å². The van der Waals surface area contributed by atoms with Crippen LogP contribution in [-0.4, -0.2) is 24.0 Å². The van der Waals surface area contributed by atoms with E-state index in [0.29, 0.717) is 0 Å². The van der Waals surface area contributed by atoms with Crippen molar-refractivity contribution >= 4 is 17.3 Å². The summed E-state index contributed by atoms with van der Waals surface area (Å²) in [6.45, 7) is 1.86.